The molecule has 1 saturated heterocycles. The summed E-state index contributed by atoms with van der Waals surface area (Å²) in [6, 6.07) is -1.09. The highest BCUT2D eigenvalue weighted by Crippen LogP contribution is 2.14. The topological polar surface area (TPSA) is 95.9 Å². The van der Waals surface area contributed by atoms with Gasteiger partial charge in [0.25, 0.3) is 10.2 Å². The molecule has 7 nitrogen and oxygen atoms in total. The van der Waals surface area contributed by atoms with Gasteiger partial charge in [0.05, 0.1) is 12.2 Å². The number of nitrogens with zero attached hydrogens (tertiary/aromatic N) is 1. The van der Waals surface area contributed by atoms with Gasteiger partial charge in [-0.05, 0) is 20.3 Å². The molecule has 0 amide bonds. The molecule has 1 fully saturated rings. The van der Waals surface area contributed by atoms with Crippen LogP contribution in [-0.2, 0) is 19.7 Å². The van der Waals surface area contributed by atoms with Crippen LogP contribution in [0, 0.1) is 0 Å². The molecule has 8 heteroatoms. The molecule has 0 saturated carbocycles. The van der Waals surface area contributed by atoms with E-state index in [1.165, 1.54) is 4.31 Å². The minimum Gasteiger partial charge on any atom is -0.480 e. The highest BCUT2D eigenvalue weighted by atomic mass is 32.2. The summed E-state index contributed by atoms with van der Waals surface area (Å²) >= 11 is 0. The van der Waals surface area contributed by atoms with Gasteiger partial charge in [-0.2, -0.15) is 17.4 Å². The van der Waals surface area contributed by atoms with Crippen LogP contribution in [0.4, 0.5) is 0 Å². The van der Waals surface area contributed by atoms with Crippen molar-refractivity contribution in [2.24, 2.45) is 0 Å². The normalized spacial score (nSPS) is 27.9. The third-order valence-electron chi connectivity index (χ3n) is 2.72. The number of aliphatic carboxylic acids is 1. The second-order valence-electron chi connectivity index (χ2n) is 4.50. The van der Waals surface area contributed by atoms with Crippen molar-refractivity contribution in [3.63, 3.8) is 0 Å². The minimum atomic E-state index is -3.78. The predicted molar refractivity (Wildman–Crippen MR) is 65.4 cm³/mol. The van der Waals surface area contributed by atoms with E-state index in [2.05, 4.69) is 4.72 Å². The summed E-state index contributed by atoms with van der Waals surface area (Å²) in [6.45, 7) is 5.65. The fraction of sp³-hybridized carbons (Fsp3) is 0.900. The molecule has 0 spiro atoms. The zero-order valence-corrected chi connectivity index (χ0v) is 11.6. The predicted octanol–water partition coefficient (Wildman–Crippen LogP) is -0.207. The van der Waals surface area contributed by atoms with Crippen LogP contribution in [0.15, 0.2) is 0 Å². The molecule has 1 heterocycles. The molecular weight excluding hydrogens is 260 g/mol. The van der Waals surface area contributed by atoms with Crippen LogP contribution in [0.3, 0.4) is 0 Å². The highest BCUT2D eigenvalue weighted by Gasteiger charge is 2.33. The number of hydrogen-bond donors (Lipinski definition) is 2. The number of nitrogens with one attached hydrogen (secondary N) is 1. The molecule has 0 bridgehead atoms. The molecule has 3 unspecified atom stereocenters. The van der Waals surface area contributed by atoms with Gasteiger partial charge in [-0.1, -0.05) is 6.92 Å². The second-order valence-corrected chi connectivity index (χ2v) is 6.20. The molecule has 3 atom stereocenters. The van der Waals surface area contributed by atoms with Crippen LogP contribution in [0.25, 0.3) is 0 Å². The quantitative estimate of drug-likeness (QED) is 0.726. The summed E-state index contributed by atoms with van der Waals surface area (Å²) < 4.78 is 33.0. The zero-order valence-electron chi connectivity index (χ0n) is 10.8. The van der Waals surface area contributed by atoms with Crippen molar-refractivity contribution in [2.45, 2.75) is 45.4 Å². The van der Waals surface area contributed by atoms with E-state index in [4.69, 9.17) is 9.84 Å². The van der Waals surface area contributed by atoms with Gasteiger partial charge < -0.3 is 9.84 Å². The fourth-order valence-electron chi connectivity index (χ4n) is 1.89. The first kappa shape index (κ1) is 15.4. The summed E-state index contributed by atoms with van der Waals surface area (Å²) in [5.74, 6) is -1.17. The van der Waals surface area contributed by atoms with Gasteiger partial charge in [0.15, 0.2) is 0 Å². The molecule has 0 radical (unpaired) electrons. The third kappa shape index (κ3) is 3.91. The lowest BCUT2D eigenvalue weighted by atomic mass is 10.2. The lowest BCUT2D eigenvalue weighted by molar-refractivity contribution is -0.139. The number of morpholine rings is 1. The van der Waals surface area contributed by atoms with Crippen LogP contribution < -0.4 is 4.72 Å². The number of carbonyl (C=O) groups is 1. The molecule has 2 N–H and O–H groups in total. The molecule has 0 aromatic rings. The minimum absolute atomic E-state index is 0.198. The molecule has 1 rings (SSSR count). The Morgan fingerprint density at radius 2 is 1.94 bits per heavy atom. The van der Waals surface area contributed by atoms with Crippen molar-refractivity contribution in [3.8, 4) is 0 Å². The SMILES string of the molecule is CCC(NS(=O)(=O)N1CC(C)OC(C)C1)C(=O)O. The Balaban J connectivity index is 2.76. The summed E-state index contributed by atoms with van der Waals surface area (Å²) in [4.78, 5) is 10.8. The Bertz CT molecular complexity index is 387. The summed E-state index contributed by atoms with van der Waals surface area (Å²) in [6.07, 6.45) is -0.199. The number of carboxylic acid groups (broad SMARTS) is 1. The Kier molecular flexibility index (Phi) is 5.09. The first-order valence-corrected chi connectivity index (χ1v) is 7.36. The van der Waals surface area contributed by atoms with Gasteiger partial charge in [0.2, 0.25) is 0 Å². The molecule has 0 aromatic carbocycles. The smallest absolute Gasteiger partial charge is 0.321 e. The lowest BCUT2D eigenvalue weighted by Crippen LogP contribution is -2.54. The van der Waals surface area contributed by atoms with E-state index in [0.717, 1.165) is 0 Å². The maximum absolute atomic E-state index is 12.0. The number of carboxylic acids is 1. The zero-order chi connectivity index (χ0) is 13.9. The maximum Gasteiger partial charge on any atom is 0.321 e. The Morgan fingerprint density at radius 3 is 2.33 bits per heavy atom. The maximum atomic E-state index is 12.0. The van der Waals surface area contributed by atoms with Gasteiger partial charge in [-0.3, -0.25) is 4.79 Å². The van der Waals surface area contributed by atoms with Crippen molar-refractivity contribution in [1.29, 1.82) is 0 Å². The van der Waals surface area contributed by atoms with E-state index in [9.17, 15) is 13.2 Å². The fourth-order valence-corrected chi connectivity index (χ4v) is 3.48. The van der Waals surface area contributed by atoms with Crippen LogP contribution in [-0.4, -0.2) is 55.1 Å². The average molecular weight is 280 g/mol. The molecule has 1 aliphatic heterocycles. The van der Waals surface area contributed by atoms with Gasteiger partial charge in [-0.15, -0.1) is 0 Å². The average Bonchev–Trinajstić information content (AvgIpc) is 2.24. The first-order chi connectivity index (χ1) is 8.26. The number of hydrogen-bond acceptors (Lipinski definition) is 4. The second kappa shape index (κ2) is 5.96. The van der Waals surface area contributed by atoms with Gasteiger partial charge >= 0.3 is 5.97 Å². The molecule has 1 aliphatic rings. The van der Waals surface area contributed by atoms with Gasteiger partial charge in [0, 0.05) is 13.1 Å². The lowest BCUT2D eigenvalue weighted by Gasteiger charge is -2.34. The Morgan fingerprint density at radius 1 is 1.44 bits per heavy atom. The van der Waals surface area contributed by atoms with E-state index >= 15 is 0 Å². The van der Waals surface area contributed by atoms with Crippen LogP contribution >= 0.6 is 0 Å². The standard InChI is InChI=1S/C10H20N2O5S/c1-4-9(10(13)14)11-18(15,16)12-5-7(2)17-8(3)6-12/h7-9,11H,4-6H2,1-3H3,(H,13,14). The van der Waals surface area contributed by atoms with Crippen molar-refractivity contribution in [2.75, 3.05) is 13.1 Å². The highest BCUT2D eigenvalue weighted by molar-refractivity contribution is 7.87. The van der Waals surface area contributed by atoms with Crippen LogP contribution in [0.5, 0.6) is 0 Å². The van der Waals surface area contributed by atoms with Crippen molar-refractivity contribution >= 4 is 16.2 Å². The van der Waals surface area contributed by atoms with Gasteiger partial charge in [0.1, 0.15) is 6.04 Å². The number of rotatable bonds is 5. The molecule has 0 aliphatic carbocycles. The molecule has 0 aromatic heterocycles. The summed E-state index contributed by atoms with van der Waals surface area (Å²) in [5.41, 5.74) is 0. The third-order valence-corrected chi connectivity index (χ3v) is 4.28. The van der Waals surface area contributed by atoms with Gasteiger partial charge in [-0.25, -0.2) is 0 Å². The van der Waals surface area contributed by atoms with E-state index in [1.54, 1.807) is 20.8 Å². The Labute approximate surface area is 107 Å². The monoisotopic (exact) mass is 280 g/mol. The largest absolute Gasteiger partial charge is 0.480 e. The van der Waals surface area contributed by atoms with Crippen LogP contribution in [0.1, 0.15) is 27.2 Å². The molecule has 18 heavy (non-hydrogen) atoms. The Hall–Kier alpha value is -0.700. The summed E-state index contributed by atoms with van der Waals surface area (Å²) in [5, 5.41) is 8.87. The van der Waals surface area contributed by atoms with Crippen LogP contribution in [0.2, 0.25) is 0 Å². The van der Waals surface area contributed by atoms with E-state index < -0.39 is 22.2 Å². The van der Waals surface area contributed by atoms with E-state index in [1.807, 2.05) is 0 Å². The van der Waals surface area contributed by atoms with E-state index in [0.29, 0.717) is 0 Å². The van der Waals surface area contributed by atoms with E-state index in [-0.39, 0.29) is 31.7 Å². The first-order valence-electron chi connectivity index (χ1n) is 5.92. The van der Waals surface area contributed by atoms with Crippen molar-refractivity contribution in [3.05, 3.63) is 0 Å². The number of ether oxygens (including phenoxy) is 1. The molecular formula is C10H20N2O5S. The van der Waals surface area contributed by atoms with Crippen molar-refractivity contribution < 1.29 is 23.1 Å². The molecule has 106 valence electrons. The summed E-state index contributed by atoms with van der Waals surface area (Å²) in [7, 11) is -3.78. The van der Waals surface area contributed by atoms with Crippen molar-refractivity contribution in [1.82, 2.24) is 9.03 Å².